The molecule has 1 unspecified atom stereocenters. The van der Waals surface area contributed by atoms with Crippen molar-refractivity contribution in [2.75, 3.05) is 11.9 Å². The first-order chi connectivity index (χ1) is 12.7. The average molecular weight is 346 g/mol. The van der Waals surface area contributed by atoms with Crippen LogP contribution in [-0.4, -0.2) is 22.4 Å². The van der Waals surface area contributed by atoms with Gasteiger partial charge < -0.3 is 10.6 Å². The number of carbonyl (C=O) groups is 1. The van der Waals surface area contributed by atoms with Gasteiger partial charge in [0.05, 0.1) is 17.3 Å². The number of carbonyl (C=O) groups excluding carboxylic acids is 1. The van der Waals surface area contributed by atoms with Crippen LogP contribution in [0, 0.1) is 6.92 Å². The van der Waals surface area contributed by atoms with Gasteiger partial charge in [0, 0.05) is 18.9 Å². The van der Waals surface area contributed by atoms with Crippen LogP contribution in [-0.2, 0) is 0 Å². The van der Waals surface area contributed by atoms with Gasteiger partial charge in [-0.25, -0.2) is 4.98 Å². The van der Waals surface area contributed by atoms with Crippen LogP contribution >= 0.6 is 0 Å². The zero-order valence-corrected chi connectivity index (χ0v) is 14.9. The Kier molecular flexibility index (Phi) is 5.59. The molecule has 0 fully saturated rings. The second kappa shape index (κ2) is 8.25. The predicted octanol–water partition coefficient (Wildman–Crippen LogP) is 3.74. The number of rotatable bonds is 6. The highest BCUT2D eigenvalue weighted by molar-refractivity contribution is 5.93. The molecule has 3 aromatic rings. The van der Waals surface area contributed by atoms with E-state index in [0.29, 0.717) is 17.9 Å². The largest absolute Gasteiger partial charge is 0.358 e. The second-order valence-corrected chi connectivity index (χ2v) is 6.04. The van der Waals surface area contributed by atoms with Crippen LogP contribution in [0.5, 0.6) is 0 Å². The fraction of sp³-hybridized carbons (Fsp3) is 0.190. The minimum atomic E-state index is -0.126. The topological polar surface area (TPSA) is 66.9 Å². The second-order valence-electron chi connectivity index (χ2n) is 6.04. The van der Waals surface area contributed by atoms with E-state index in [4.69, 9.17) is 0 Å². The van der Waals surface area contributed by atoms with Gasteiger partial charge in [-0.1, -0.05) is 35.9 Å². The van der Waals surface area contributed by atoms with Crippen molar-refractivity contribution in [3.63, 3.8) is 0 Å². The monoisotopic (exact) mass is 346 g/mol. The molecule has 0 bridgehead atoms. The first-order valence-electron chi connectivity index (χ1n) is 8.65. The van der Waals surface area contributed by atoms with E-state index in [-0.39, 0.29) is 11.9 Å². The molecular weight excluding hydrogens is 324 g/mol. The van der Waals surface area contributed by atoms with Crippen LogP contribution in [0.2, 0.25) is 0 Å². The first-order valence-corrected chi connectivity index (χ1v) is 8.65. The molecular formula is C21H22N4O. The highest BCUT2D eigenvalue weighted by Gasteiger charge is 2.16. The van der Waals surface area contributed by atoms with Crippen LogP contribution in [0.15, 0.2) is 67.0 Å². The van der Waals surface area contributed by atoms with E-state index in [9.17, 15) is 4.79 Å². The molecule has 0 saturated carbocycles. The summed E-state index contributed by atoms with van der Waals surface area (Å²) in [5.41, 5.74) is 3.75. The zero-order chi connectivity index (χ0) is 18.4. The summed E-state index contributed by atoms with van der Waals surface area (Å²) in [5, 5.41) is 6.20. The Morgan fingerprint density at radius 2 is 1.96 bits per heavy atom. The lowest BCUT2D eigenvalue weighted by Gasteiger charge is -2.20. The van der Waals surface area contributed by atoms with Crippen LogP contribution < -0.4 is 10.6 Å². The summed E-state index contributed by atoms with van der Waals surface area (Å²) in [6.07, 6.45) is 3.37. The van der Waals surface area contributed by atoms with E-state index in [0.717, 1.165) is 11.3 Å². The van der Waals surface area contributed by atoms with Gasteiger partial charge >= 0.3 is 0 Å². The number of hydrogen-bond acceptors (Lipinski definition) is 4. The van der Waals surface area contributed by atoms with Crippen molar-refractivity contribution in [1.29, 1.82) is 0 Å². The molecule has 5 nitrogen and oxygen atoms in total. The Morgan fingerprint density at radius 3 is 2.62 bits per heavy atom. The molecule has 0 saturated heterocycles. The summed E-state index contributed by atoms with van der Waals surface area (Å²) in [5.74, 6) is 0.571. The maximum Gasteiger partial charge on any atom is 0.252 e. The van der Waals surface area contributed by atoms with Gasteiger partial charge in [-0.3, -0.25) is 9.78 Å². The number of anilines is 1. The average Bonchev–Trinajstić information content (AvgIpc) is 2.67. The molecule has 5 heteroatoms. The van der Waals surface area contributed by atoms with Crippen molar-refractivity contribution in [2.45, 2.75) is 19.9 Å². The van der Waals surface area contributed by atoms with Crippen molar-refractivity contribution in [3.8, 4) is 0 Å². The van der Waals surface area contributed by atoms with Crippen LogP contribution in [0.4, 0.5) is 5.82 Å². The molecule has 26 heavy (non-hydrogen) atoms. The summed E-state index contributed by atoms with van der Waals surface area (Å²) in [4.78, 5) is 20.8. The van der Waals surface area contributed by atoms with Gasteiger partial charge in [-0.15, -0.1) is 0 Å². The van der Waals surface area contributed by atoms with E-state index in [2.05, 4.69) is 45.7 Å². The van der Waals surface area contributed by atoms with Crippen molar-refractivity contribution in [3.05, 3.63) is 89.4 Å². The molecule has 0 radical (unpaired) electrons. The number of nitrogens with zero attached hydrogens (tertiary/aromatic N) is 2. The van der Waals surface area contributed by atoms with E-state index in [1.807, 2.05) is 37.3 Å². The van der Waals surface area contributed by atoms with Gasteiger partial charge in [0.25, 0.3) is 5.91 Å². The smallest absolute Gasteiger partial charge is 0.252 e. The quantitative estimate of drug-likeness (QED) is 0.713. The number of nitrogens with one attached hydrogen (secondary N) is 2. The fourth-order valence-corrected chi connectivity index (χ4v) is 2.75. The third-order valence-corrected chi connectivity index (χ3v) is 4.01. The van der Waals surface area contributed by atoms with Gasteiger partial charge in [0.1, 0.15) is 5.82 Å². The predicted molar refractivity (Wildman–Crippen MR) is 103 cm³/mol. The van der Waals surface area contributed by atoms with Gasteiger partial charge in [0.15, 0.2) is 0 Å². The molecule has 0 aliphatic heterocycles. The minimum absolute atomic E-state index is 0.119. The lowest BCUT2D eigenvalue weighted by atomic mass is 10.0. The summed E-state index contributed by atoms with van der Waals surface area (Å²) < 4.78 is 0. The Bertz CT molecular complexity index is 863. The van der Waals surface area contributed by atoms with Gasteiger partial charge in [-0.2, -0.15) is 0 Å². The van der Waals surface area contributed by atoms with E-state index >= 15 is 0 Å². The normalized spacial score (nSPS) is 11.6. The third kappa shape index (κ3) is 4.25. The number of hydrogen-bond donors (Lipinski definition) is 2. The molecule has 2 aromatic heterocycles. The number of pyridine rings is 2. The SMILES string of the molecule is CCNC(=O)c1ccc(NC(c2cccc(C)c2)c2ccccn2)nc1. The van der Waals surface area contributed by atoms with Crippen LogP contribution in [0.3, 0.4) is 0 Å². The van der Waals surface area contributed by atoms with Gasteiger partial charge in [-0.05, 0) is 43.7 Å². The van der Waals surface area contributed by atoms with Crippen molar-refractivity contribution in [1.82, 2.24) is 15.3 Å². The molecule has 0 aliphatic carbocycles. The van der Waals surface area contributed by atoms with E-state index in [1.54, 1.807) is 18.5 Å². The number of aromatic nitrogens is 2. The number of amides is 1. The van der Waals surface area contributed by atoms with Crippen LogP contribution in [0.25, 0.3) is 0 Å². The summed E-state index contributed by atoms with van der Waals surface area (Å²) in [7, 11) is 0. The van der Waals surface area contributed by atoms with Crippen molar-refractivity contribution < 1.29 is 4.79 Å². The molecule has 2 N–H and O–H groups in total. The minimum Gasteiger partial charge on any atom is -0.358 e. The highest BCUT2D eigenvalue weighted by Crippen LogP contribution is 2.25. The highest BCUT2D eigenvalue weighted by atomic mass is 16.1. The molecule has 1 amide bonds. The number of benzene rings is 1. The number of aryl methyl sites for hydroxylation is 1. The van der Waals surface area contributed by atoms with Crippen molar-refractivity contribution in [2.24, 2.45) is 0 Å². The van der Waals surface area contributed by atoms with Crippen LogP contribution in [0.1, 0.15) is 40.1 Å². The lowest BCUT2D eigenvalue weighted by molar-refractivity contribution is 0.0955. The Morgan fingerprint density at radius 1 is 1.08 bits per heavy atom. The lowest BCUT2D eigenvalue weighted by Crippen LogP contribution is -2.22. The van der Waals surface area contributed by atoms with Gasteiger partial charge in [0.2, 0.25) is 0 Å². The molecule has 2 heterocycles. The van der Waals surface area contributed by atoms with E-state index in [1.165, 1.54) is 5.56 Å². The summed E-state index contributed by atoms with van der Waals surface area (Å²) in [6.45, 7) is 4.55. The third-order valence-electron chi connectivity index (χ3n) is 4.01. The molecule has 1 aromatic carbocycles. The zero-order valence-electron chi connectivity index (χ0n) is 14.9. The maximum atomic E-state index is 11.9. The molecule has 3 rings (SSSR count). The first kappa shape index (κ1) is 17.6. The Balaban J connectivity index is 1.88. The molecule has 0 spiro atoms. The standard InChI is InChI=1S/C21H22N4O/c1-3-22-21(26)17-10-11-19(24-14-17)25-20(18-9-4-5-12-23-18)16-8-6-7-15(2)13-16/h4-14,20H,3H2,1-2H3,(H,22,26)(H,24,25). The molecule has 0 aliphatic rings. The van der Waals surface area contributed by atoms with Crippen molar-refractivity contribution >= 4 is 11.7 Å². The Hall–Kier alpha value is -3.21. The molecule has 1 atom stereocenters. The fourth-order valence-electron chi connectivity index (χ4n) is 2.75. The Labute approximate surface area is 153 Å². The summed E-state index contributed by atoms with van der Waals surface area (Å²) >= 11 is 0. The maximum absolute atomic E-state index is 11.9. The van der Waals surface area contributed by atoms with E-state index < -0.39 is 0 Å². The summed E-state index contributed by atoms with van der Waals surface area (Å²) in [6, 6.07) is 17.6. The molecule has 132 valence electrons.